The maximum absolute atomic E-state index is 10.5. The standard InChI is InChI=1S/C21H46N.C7H8O3S/c1-5-6-7-8-9-10-11-12-13-14-15-16-17-18-19-20-21-22(2,3)4;1-6-2-4-7(5-3-6)11(8,9)10/h5-21H2,1-4H3;2-5H,1H3,(H,8,9,10)/q+1;. The van der Waals surface area contributed by atoms with Crippen molar-refractivity contribution in [2.45, 2.75) is 121 Å². The maximum atomic E-state index is 10.5. The van der Waals surface area contributed by atoms with Crippen LogP contribution in [0.3, 0.4) is 0 Å². The van der Waals surface area contributed by atoms with E-state index >= 15 is 0 Å². The van der Waals surface area contributed by atoms with Crippen molar-refractivity contribution in [2.75, 3.05) is 27.7 Å². The fraction of sp³-hybridized carbons (Fsp3) is 0.786. The molecule has 194 valence electrons. The van der Waals surface area contributed by atoms with Crippen molar-refractivity contribution in [1.82, 2.24) is 0 Å². The lowest BCUT2D eigenvalue weighted by Gasteiger charge is -2.23. The Labute approximate surface area is 206 Å². The summed E-state index contributed by atoms with van der Waals surface area (Å²) < 4.78 is 30.7. The van der Waals surface area contributed by atoms with E-state index in [0.717, 1.165) is 10.0 Å². The summed E-state index contributed by atoms with van der Waals surface area (Å²) in [6.07, 6.45) is 23.4. The van der Waals surface area contributed by atoms with Gasteiger partial charge in [0.05, 0.1) is 32.6 Å². The van der Waals surface area contributed by atoms with Gasteiger partial charge in [0, 0.05) is 0 Å². The summed E-state index contributed by atoms with van der Waals surface area (Å²) in [5, 5.41) is 0. The van der Waals surface area contributed by atoms with Crippen LogP contribution in [0.2, 0.25) is 0 Å². The van der Waals surface area contributed by atoms with Gasteiger partial charge in [-0.1, -0.05) is 115 Å². The van der Waals surface area contributed by atoms with E-state index in [1.165, 1.54) is 121 Å². The van der Waals surface area contributed by atoms with Crippen LogP contribution in [0.1, 0.15) is 115 Å². The molecule has 0 saturated carbocycles. The SMILES string of the molecule is CCCCCCCCCCCCCCCCCC[N+](C)(C)C.Cc1ccc(S(=O)(=O)O)cc1. The van der Waals surface area contributed by atoms with Gasteiger partial charge in [-0.3, -0.25) is 4.55 Å². The third kappa shape index (κ3) is 22.6. The van der Waals surface area contributed by atoms with Crippen molar-refractivity contribution >= 4 is 10.1 Å². The Morgan fingerprint density at radius 3 is 1.27 bits per heavy atom. The van der Waals surface area contributed by atoms with E-state index < -0.39 is 10.1 Å². The lowest BCUT2D eigenvalue weighted by atomic mass is 10.0. The molecule has 0 aromatic heterocycles. The Morgan fingerprint density at radius 1 is 0.636 bits per heavy atom. The zero-order chi connectivity index (χ0) is 25.0. The van der Waals surface area contributed by atoms with Crippen LogP contribution in [0.25, 0.3) is 0 Å². The van der Waals surface area contributed by atoms with Crippen molar-refractivity contribution in [3.63, 3.8) is 0 Å². The van der Waals surface area contributed by atoms with E-state index in [-0.39, 0.29) is 4.90 Å². The smallest absolute Gasteiger partial charge is 0.294 e. The topological polar surface area (TPSA) is 54.4 Å². The first-order valence-corrected chi connectivity index (χ1v) is 14.8. The predicted octanol–water partition coefficient (Wildman–Crippen LogP) is 8.20. The average Bonchev–Trinajstić information content (AvgIpc) is 2.73. The number of rotatable bonds is 18. The third-order valence-electron chi connectivity index (χ3n) is 6.00. The summed E-state index contributed by atoms with van der Waals surface area (Å²) in [6.45, 7) is 5.47. The van der Waals surface area contributed by atoms with E-state index in [9.17, 15) is 8.42 Å². The predicted molar refractivity (Wildman–Crippen MR) is 143 cm³/mol. The Morgan fingerprint density at radius 2 is 0.970 bits per heavy atom. The summed E-state index contributed by atoms with van der Waals surface area (Å²) in [5.74, 6) is 0. The lowest BCUT2D eigenvalue weighted by molar-refractivity contribution is -0.870. The summed E-state index contributed by atoms with van der Waals surface area (Å²) in [5.41, 5.74) is 0.956. The first-order chi connectivity index (χ1) is 15.6. The van der Waals surface area contributed by atoms with Crippen molar-refractivity contribution in [3.05, 3.63) is 29.8 Å². The third-order valence-corrected chi connectivity index (χ3v) is 6.87. The number of nitrogens with zero attached hydrogens (tertiary/aromatic N) is 1. The number of unbranched alkanes of at least 4 members (excludes halogenated alkanes) is 15. The van der Waals surface area contributed by atoms with Crippen molar-refractivity contribution < 1.29 is 17.5 Å². The van der Waals surface area contributed by atoms with Crippen LogP contribution in [0, 0.1) is 6.92 Å². The molecule has 0 atom stereocenters. The highest BCUT2D eigenvalue weighted by molar-refractivity contribution is 7.85. The molecule has 4 nitrogen and oxygen atoms in total. The minimum absolute atomic E-state index is 0.0666. The monoisotopic (exact) mass is 484 g/mol. The summed E-state index contributed by atoms with van der Waals surface area (Å²) in [7, 11) is 2.87. The highest BCUT2D eigenvalue weighted by Gasteiger charge is 2.07. The van der Waals surface area contributed by atoms with Gasteiger partial charge in [-0.15, -0.1) is 0 Å². The normalized spacial score (nSPS) is 11.8. The highest BCUT2D eigenvalue weighted by atomic mass is 32.2. The van der Waals surface area contributed by atoms with Crippen LogP contribution in [0.15, 0.2) is 29.2 Å². The molecular weight excluding hydrogens is 430 g/mol. The minimum atomic E-state index is -4.02. The van der Waals surface area contributed by atoms with E-state index in [4.69, 9.17) is 4.55 Å². The molecule has 0 radical (unpaired) electrons. The van der Waals surface area contributed by atoms with Crippen molar-refractivity contribution in [2.24, 2.45) is 0 Å². The Hall–Kier alpha value is -0.910. The number of quaternary nitrogens is 1. The maximum Gasteiger partial charge on any atom is 0.294 e. The Kier molecular flexibility index (Phi) is 18.9. The van der Waals surface area contributed by atoms with Gasteiger partial charge >= 0.3 is 0 Å². The van der Waals surface area contributed by atoms with Gasteiger partial charge < -0.3 is 4.48 Å². The van der Waals surface area contributed by atoms with E-state index in [0.29, 0.717) is 0 Å². The van der Waals surface area contributed by atoms with Crippen molar-refractivity contribution in [3.8, 4) is 0 Å². The molecule has 1 aromatic carbocycles. The van der Waals surface area contributed by atoms with Gasteiger partial charge in [0.15, 0.2) is 0 Å². The fourth-order valence-electron chi connectivity index (χ4n) is 3.84. The first-order valence-electron chi connectivity index (χ1n) is 13.4. The lowest BCUT2D eigenvalue weighted by Crippen LogP contribution is -2.35. The van der Waals surface area contributed by atoms with Gasteiger partial charge in [-0.2, -0.15) is 8.42 Å². The van der Waals surface area contributed by atoms with E-state index in [2.05, 4.69) is 28.1 Å². The van der Waals surface area contributed by atoms with E-state index in [1.807, 2.05) is 6.92 Å². The molecular formula is C28H54NO3S+. The molecule has 0 aliphatic carbocycles. The molecule has 0 aliphatic heterocycles. The quantitative estimate of drug-likeness (QED) is 0.130. The molecule has 0 amide bonds. The second-order valence-corrected chi connectivity index (χ2v) is 12.0. The average molecular weight is 485 g/mol. The summed E-state index contributed by atoms with van der Waals surface area (Å²) in [4.78, 5) is -0.0666. The molecule has 1 N–H and O–H groups in total. The Balaban J connectivity index is 0.000000771. The summed E-state index contributed by atoms with van der Waals surface area (Å²) >= 11 is 0. The van der Waals surface area contributed by atoms with E-state index in [1.54, 1.807) is 12.1 Å². The zero-order valence-electron chi connectivity index (χ0n) is 22.4. The number of benzene rings is 1. The molecule has 0 heterocycles. The summed E-state index contributed by atoms with van der Waals surface area (Å²) in [6, 6.07) is 5.99. The van der Waals surface area contributed by atoms with Crippen LogP contribution in [-0.4, -0.2) is 45.1 Å². The number of aryl methyl sites for hydroxylation is 1. The molecule has 1 aromatic rings. The minimum Gasteiger partial charge on any atom is -0.331 e. The molecule has 0 bridgehead atoms. The van der Waals surface area contributed by atoms with Gasteiger partial charge in [-0.05, 0) is 31.9 Å². The van der Waals surface area contributed by atoms with Crippen LogP contribution >= 0.6 is 0 Å². The largest absolute Gasteiger partial charge is 0.331 e. The molecule has 0 saturated heterocycles. The second kappa shape index (κ2) is 19.4. The highest BCUT2D eigenvalue weighted by Crippen LogP contribution is 2.14. The van der Waals surface area contributed by atoms with Crippen LogP contribution in [0.4, 0.5) is 0 Å². The second-order valence-electron chi connectivity index (χ2n) is 10.6. The number of hydrogen-bond acceptors (Lipinski definition) is 2. The first kappa shape index (κ1) is 32.1. The fourth-order valence-corrected chi connectivity index (χ4v) is 4.32. The van der Waals surface area contributed by atoms with Crippen LogP contribution in [-0.2, 0) is 10.1 Å². The van der Waals surface area contributed by atoms with Gasteiger partial charge in [0.25, 0.3) is 10.1 Å². The molecule has 5 heteroatoms. The van der Waals surface area contributed by atoms with Crippen molar-refractivity contribution in [1.29, 1.82) is 0 Å². The Bertz CT molecular complexity index is 663. The van der Waals surface area contributed by atoms with Gasteiger partial charge in [0.2, 0.25) is 0 Å². The van der Waals surface area contributed by atoms with Gasteiger partial charge in [-0.25, -0.2) is 0 Å². The molecule has 0 unspecified atom stereocenters. The molecule has 0 spiro atoms. The molecule has 0 aliphatic rings. The van der Waals surface area contributed by atoms with Crippen LogP contribution < -0.4 is 0 Å². The zero-order valence-corrected chi connectivity index (χ0v) is 23.3. The molecule has 1 rings (SSSR count). The number of hydrogen-bond donors (Lipinski definition) is 1. The van der Waals surface area contributed by atoms with Crippen LogP contribution in [0.5, 0.6) is 0 Å². The molecule has 0 fully saturated rings. The van der Waals surface area contributed by atoms with Gasteiger partial charge in [0.1, 0.15) is 0 Å². The molecule has 33 heavy (non-hydrogen) atoms.